The Balaban J connectivity index is 2.11. The van der Waals surface area contributed by atoms with Crippen LogP contribution in [0.3, 0.4) is 0 Å². The first-order valence-corrected chi connectivity index (χ1v) is 7.44. The van der Waals surface area contributed by atoms with Gasteiger partial charge in [0.05, 0.1) is 5.69 Å². The molecule has 2 rings (SSSR count). The number of halogens is 1. The zero-order valence-electron chi connectivity index (χ0n) is 9.81. The van der Waals surface area contributed by atoms with E-state index in [1.807, 2.05) is 24.3 Å². The molecule has 0 spiro atoms. The summed E-state index contributed by atoms with van der Waals surface area (Å²) < 4.78 is 4.98. The Labute approximate surface area is 123 Å². The molecule has 0 fully saturated rings. The average Bonchev–Trinajstić information content (AvgIpc) is 2.81. The molecule has 0 radical (unpaired) electrons. The van der Waals surface area contributed by atoms with Crippen LogP contribution in [-0.4, -0.2) is 15.5 Å². The predicted octanol–water partition coefficient (Wildman–Crippen LogP) is 3.35. The number of nitrogens with one attached hydrogen (secondary N) is 1. The van der Waals surface area contributed by atoms with Crippen LogP contribution in [0, 0.1) is 3.57 Å². The van der Waals surface area contributed by atoms with Crippen molar-refractivity contribution in [1.29, 1.82) is 0 Å². The SMILES string of the molecule is CCCc1nnsc1C(=O)Nc1ccc(I)cc1. The topological polar surface area (TPSA) is 54.9 Å². The normalized spacial score (nSPS) is 10.3. The van der Waals surface area contributed by atoms with Gasteiger partial charge in [0.2, 0.25) is 0 Å². The molecule has 0 aliphatic heterocycles. The van der Waals surface area contributed by atoms with Crippen molar-refractivity contribution in [1.82, 2.24) is 9.59 Å². The largest absolute Gasteiger partial charge is 0.321 e. The number of amides is 1. The molecule has 0 aliphatic carbocycles. The molecule has 0 aliphatic rings. The Kier molecular flexibility index (Phi) is 4.65. The monoisotopic (exact) mass is 373 g/mol. The van der Waals surface area contributed by atoms with Gasteiger partial charge in [-0.3, -0.25) is 4.79 Å². The van der Waals surface area contributed by atoms with Crippen LogP contribution in [0.15, 0.2) is 24.3 Å². The van der Waals surface area contributed by atoms with E-state index in [1.54, 1.807) is 0 Å². The molecule has 1 N–H and O–H groups in total. The van der Waals surface area contributed by atoms with Crippen molar-refractivity contribution in [2.45, 2.75) is 19.8 Å². The number of nitrogens with zero attached hydrogens (tertiary/aromatic N) is 2. The molecule has 1 amide bonds. The van der Waals surface area contributed by atoms with E-state index in [-0.39, 0.29) is 5.91 Å². The molecule has 18 heavy (non-hydrogen) atoms. The van der Waals surface area contributed by atoms with E-state index in [4.69, 9.17) is 0 Å². The van der Waals surface area contributed by atoms with Gasteiger partial charge >= 0.3 is 0 Å². The fraction of sp³-hybridized carbons (Fsp3) is 0.250. The molecule has 0 saturated heterocycles. The van der Waals surface area contributed by atoms with Crippen LogP contribution in [0.5, 0.6) is 0 Å². The summed E-state index contributed by atoms with van der Waals surface area (Å²) >= 11 is 3.37. The third-order valence-electron chi connectivity index (χ3n) is 2.35. The Hall–Kier alpha value is -1.02. The summed E-state index contributed by atoms with van der Waals surface area (Å²) in [4.78, 5) is 12.7. The van der Waals surface area contributed by atoms with Crippen molar-refractivity contribution in [3.8, 4) is 0 Å². The first-order valence-electron chi connectivity index (χ1n) is 5.59. The number of carbonyl (C=O) groups excluding carboxylic acids is 1. The average molecular weight is 373 g/mol. The molecule has 6 heteroatoms. The van der Waals surface area contributed by atoms with E-state index >= 15 is 0 Å². The number of hydrogen-bond acceptors (Lipinski definition) is 4. The Morgan fingerprint density at radius 2 is 2.11 bits per heavy atom. The molecule has 2 aromatic rings. The Morgan fingerprint density at radius 3 is 2.78 bits per heavy atom. The fourth-order valence-electron chi connectivity index (χ4n) is 1.50. The first kappa shape index (κ1) is 13.4. The third kappa shape index (κ3) is 3.26. The van der Waals surface area contributed by atoms with Crippen molar-refractivity contribution in [2.24, 2.45) is 0 Å². The lowest BCUT2D eigenvalue weighted by molar-refractivity contribution is 0.102. The molecule has 0 unspecified atom stereocenters. The van der Waals surface area contributed by atoms with Crippen LogP contribution < -0.4 is 5.32 Å². The van der Waals surface area contributed by atoms with Crippen molar-refractivity contribution in [3.05, 3.63) is 38.4 Å². The van der Waals surface area contributed by atoms with E-state index in [9.17, 15) is 4.79 Å². The van der Waals surface area contributed by atoms with Gasteiger partial charge in [-0.15, -0.1) is 5.10 Å². The number of aromatic nitrogens is 2. The molecular weight excluding hydrogens is 361 g/mol. The van der Waals surface area contributed by atoms with Gasteiger partial charge < -0.3 is 5.32 Å². The first-order chi connectivity index (χ1) is 8.70. The second-order valence-electron chi connectivity index (χ2n) is 3.76. The van der Waals surface area contributed by atoms with Crippen LogP contribution in [0.2, 0.25) is 0 Å². The zero-order valence-corrected chi connectivity index (χ0v) is 12.8. The van der Waals surface area contributed by atoms with Crippen LogP contribution in [0.4, 0.5) is 5.69 Å². The molecular formula is C12H12IN3OS. The summed E-state index contributed by atoms with van der Waals surface area (Å²) in [5, 5.41) is 6.85. The highest BCUT2D eigenvalue weighted by Gasteiger charge is 2.15. The number of carbonyl (C=O) groups is 1. The highest BCUT2D eigenvalue weighted by Crippen LogP contribution is 2.16. The minimum absolute atomic E-state index is 0.130. The van der Waals surface area contributed by atoms with E-state index in [1.165, 1.54) is 0 Å². The smallest absolute Gasteiger partial charge is 0.269 e. The highest BCUT2D eigenvalue weighted by molar-refractivity contribution is 14.1. The molecule has 1 aromatic carbocycles. The second-order valence-corrected chi connectivity index (χ2v) is 5.76. The van der Waals surface area contributed by atoms with Gasteiger partial charge in [-0.1, -0.05) is 17.8 Å². The summed E-state index contributed by atoms with van der Waals surface area (Å²) in [5.41, 5.74) is 1.57. The minimum atomic E-state index is -0.130. The minimum Gasteiger partial charge on any atom is -0.321 e. The number of aryl methyl sites for hydroxylation is 1. The Bertz CT molecular complexity index is 539. The van der Waals surface area contributed by atoms with Crippen LogP contribution in [0.1, 0.15) is 28.7 Å². The van der Waals surface area contributed by atoms with Crippen LogP contribution in [-0.2, 0) is 6.42 Å². The maximum atomic E-state index is 12.1. The van der Waals surface area contributed by atoms with Crippen LogP contribution in [0.25, 0.3) is 0 Å². The standard InChI is InChI=1S/C12H12IN3OS/c1-2-3-10-11(18-16-15-10)12(17)14-9-6-4-8(13)5-7-9/h4-7H,2-3H2,1H3,(H,14,17). The van der Waals surface area contributed by atoms with E-state index in [2.05, 4.69) is 44.4 Å². The quantitative estimate of drug-likeness (QED) is 0.837. The lowest BCUT2D eigenvalue weighted by Gasteiger charge is -2.04. The molecule has 94 valence electrons. The van der Waals surface area contributed by atoms with Gasteiger partial charge in [0.15, 0.2) is 0 Å². The van der Waals surface area contributed by atoms with Crippen molar-refractivity contribution in [3.63, 3.8) is 0 Å². The maximum absolute atomic E-state index is 12.1. The number of hydrogen-bond donors (Lipinski definition) is 1. The fourth-order valence-corrected chi connectivity index (χ4v) is 2.47. The van der Waals surface area contributed by atoms with E-state index in [0.29, 0.717) is 4.88 Å². The molecule has 0 bridgehead atoms. The Morgan fingerprint density at radius 1 is 1.39 bits per heavy atom. The zero-order chi connectivity index (χ0) is 13.0. The molecule has 0 saturated carbocycles. The lowest BCUT2D eigenvalue weighted by atomic mass is 10.2. The van der Waals surface area contributed by atoms with Crippen LogP contribution >= 0.6 is 34.1 Å². The summed E-state index contributed by atoms with van der Waals surface area (Å²) in [5.74, 6) is -0.130. The lowest BCUT2D eigenvalue weighted by Crippen LogP contribution is -2.12. The van der Waals surface area contributed by atoms with E-state index < -0.39 is 0 Å². The van der Waals surface area contributed by atoms with Gasteiger partial charge in [0.1, 0.15) is 4.88 Å². The molecule has 1 aromatic heterocycles. The second kappa shape index (κ2) is 6.24. The number of benzene rings is 1. The molecule has 1 heterocycles. The molecule has 0 atom stereocenters. The van der Waals surface area contributed by atoms with Gasteiger partial charge in [-0.2, -0.15) is 0 Å². The predicted molar refractivity (Wildman–Crippen MR) is 81.0 cm³/mol. The van der Waals surface area contributed by atoms with E-state index in [0.717, 1.165) is 39.3 Å². The summed E-state index contributed by atoms with van der Waals surface area (Å²) in [6, 6.07) is 7.67. The maximum Gasteiger partial charge on any atom is 0.269 e. The molecule has 4 nitrogen and oxygen atoms in total. The van der Waals surface area contributed by atoms with Crippen molar-refractivity contribution < 1.29 is 4.79 Å². The summed E-state index contributed by atoms with van der Waals surface area (Å²) in [6.45, 7) is 2.06. The number of rotatable bonds is 4. The summed E-state index contributed by atoms with van der Waals surface area (Å²) in [6.07, 6.45) is 1.74. The van der Waals surface area contributed by atoms with Gasteiger partial charge in [0.25, 0.3) is 5.91 Å². The van der Waals surface area contributed by atoms with Gasteiger partial charge in [-0.05, 0) is 64.8 Å². The van der Waals surface area contributed by atoms with Gasteiger partial charge in [-0.25, -0.2) is 0 Å². The summed E-state index contributed by atoms with van der Waals surface area (Å²) in [7, 11) is 0. The van der Waals surface area contributed by atoms with Crippen molar-refractivity contribution in [2.75, 3.05) is 5.32 Å². The van der Waals surface area contributed by atoms with Gasteiger partial charge in [0, 0.05) is 9.26 Å². The van der Waals surface area contributed by atoms with Crippen molar-refractivity contribution >= 4 is 45.7 Å². The third-order valence-corrected chi connectivity index (χ3v) is 3.84. The number of anilines is 1. The highest BCUT2D eigenvalue weighted by atomic mass is 127.